The van der Waals surface area contributed by atoms with Gasteiger partial charge in [0.1, 0.15) is 0 Å². The van der Waals surface area contributed by atoms with E-state index in [9.17, 15) is 4.79 Å². The summed E-state index contributed by atoms with van der Waals surface area (Å²) in [6.07, 6.45) is 4.45. The summed E-state index contributed by atoms with van der Waals surface area (Å²) in [6.45, 7) is 5.13. The molecule has 1 aromatic carbocycles. The van der Waals surface area contributed by atoms with Crippen LogP contribution in [-0.2, 0) is 0 Å². The van der Waals surface area contributed by atoms with Gasteiger partial charge < -0.3 is 15.7 Å². The molecule has 0 aliphatic carbocycles. The number of anilines is 1. The van der Waals surface area contributed by atoms with Crippen molar-refractivity contribution in [1.29, 1.82) is 0 Å². The van der Waals surface area contributed by atoms with Gasteiger partial charge in [0.15, 0.2) is 0 Å². The van der Waals surface area contributed by atoms with Crippen LogP contribution >= 0.6 is 0 Å². The molecule has 0 saturated carbocycles. The first-order chi connectivity index (χ1) is 9.60. The second-order valence-corrected chi connectivity index (χ2v) is 5.15. The number of nitrogen functional groups attached to an aromatic ring is 1. The topological polar surface area (TPSA) is 66.6 Å². The third-order valence-corrected chi connectivity index (χ3v) is 3.46. The number of nitrogens with zero attached hydrogens (tertiary/aromatic N) is 1. The lowest BCUT2D eigenvalue weighted by Gasteiger charge is -2.22. The summed E-state index contributed by atoms with van der Waals surface area (Å²) in [7, 11) is 0. The average Bonchev–Trinajstić information content (AvgIpc) is 2.44. The van der Waals surface area contributed by atoms with Crippen LogP contribution in [0.3, 0.4) is 0 Å². The quantitative estimate of drug-likeness (QED) is 0.567. The number of nitrogens with two attached hydrogens (primary N) is 1. The summed E-state index contributed by atoms with van der Waals surface area (Å²) in [5.74, 6) is -0.0290. The van der Waals surface area contributed by atoms with Crippen molar-refractivity contribution in [2.45, 2.75) is 39.5 Å². The molecular weight excluding hydrogens is 252 g/mol. The third kappa shape index (κ3) is 4.85. The predicted octanol–water partition coefficient (Wildman–Crippen LogP) is 2.59. The molecular formula is C16H26N2O2. The summed E-state index contributed by atoms with van der Waals surface area (Å²) < 4.78 is 0. The number of benzene rings is 1. The van der Waals surface area contributed by atoms with Crippen molar-refractivity contribution in [3.8, 4) is 0 Å². The molecule has 0 heterocycles. The Kier molecular flexibility index (Phi) is 7.09. The Labute approximate surface area is 121 Å². The van der Waals surface area contributed by atoms with Gasteiger partial charge >= 0.3 is 0 Å². The molecule has 1 aromatic rings. The number of rotatable bonds is 8. The van der Waals surface area contributed by atoms with E-state index >= 15 is 0 Å². The van der Waals surface area contributed by atoms with Crippen LogP contribution in [0.5, 0.6) is 0 Å². The van der Waals surface area contributed by atoms with E-state index in [1.54, 1.807) is 17.0 Å². The van der Waals surface area contributed by atoms with Crippen molar-refractivity contribution in [3.63, 3.8) is 0 Å². The maximum Gasteiger partial charge on any atom is 0.253 e. The summed E-state index contributed by atoms with van der Waals surface area (Å²) in [5, 5.41) is 9.12. The molecule has 0 radical (unpaired) electrons. The highest BCUT2D eigenvalue weighted by Crippen LogP contribution is 2.15. The van der Waals surface area contributed by atoms with Crippen LogP contribution in [0.1, 0.15) is 48.5 Å². The van der Waals surface area contributed by atoms with Gasteiger partial charge in [-0.05, 0) is 37.1 Å². The van der Waals surface area contributed by atoms with E-state index in [4.69, 9.17) is 10.8 Å². The monoisotopic (exact) mass is 278 g/mol. The van der Waals surface area contributed by atoms with Crippen molar-refractivity contribution < 1.29 is 9.90 Å². The molecule has 1 rings (SSSR count). The smallest absolute Gasteiger partial charge is 0.253 e. The van der Waals surface area contributed by atoms with Crippen LogP contribution in [-0.4, -0.2) is 35.6 Å². The minimum Gasteiger partial charge on any atom is -0.399 e. The van der Waals surface area contributed by atoms with Gasteiger partial charge in [-0.25, -0.2) is 0 Å². The minimum atomic E-state index is -0.0290. The van der Waals surface area contributed by atoms with E-state index in [1.807, 2.05) is 13.0 Å². The molecule has 4 nitrogen and oxygen atoms in total. The van der Waals surface area contributed by atoms with Gasteiger partial charge in [-0.1, -0.05) is 26.2 Å². The number of hydrogen-bond acceptors (Lipinski definition) is 3. The van der Waals surface area contributed by atoms with E-state index in [0.29, 0.717) is 24.3 Å². The largest absolute Gasteiger partial charge is 0.399 e. The maximum atomic E-state index is 12.4. The standard InChI is InChI=1S/C16H26N2O2/c1-3-4-5-6-9-18(10-11-19)16(20)14-7-8-15(17)13(2)12-14/h7-8,12,19H,3-6,9-11,17H2,1-2H3. The summed E-state index contributed by atoms with van der Waals surface area (Å²) in [6, 6.07) is 5.33. The van der Waals surface area contributed by atoms with Gasteiger partial charge in [-0.3, -0.25) is 4.79 Å². The molecule has 20 heavy (non-hydrogen) atoms. The molecule has 0 bridgehead atoms. The number of carbonyl (C=O) groups is 1. The Balaban J connectivity index is 2.69. The Hall–Kier alpha value is -1.55. The van der Waals surface area contributed by atoms with Crippen LogP contribution in [0.15, 0.2) is 18.2 Å². The fourth-order valence-corrected chi connectivity index (χ4v) is 2.16. The lowest BCUT2D eigenvalue weighted by Crippen LogP contribution is -2.34. The van der Waals surface area contributed by atoms with Gasteiger partial charge in [0.05, 0.1) is 6.61 Å². The Morgan fingerprint density at radius 1 is 1.25 bits per heavy atom. The highest BCUT2D eigenvalue weighted by Gasteiger charge is 2.15. The van der Waals surface area contributed by atoms with Crippen LogP contribution in [0.4, 0.5) is 5.69 Å². The van der Waals surface area contributed by atoms with Gasteiger partial charge in [0.2, 0.25) is 0 Å². The van der Waals surface area contributed by atoms with Crippen molar-refractivity contribution in [2.75, 3.05) is 25.4 Å². The van der Waals surface area contributed by atoms with Crippen LogP contribution in [0.2, 0.25) is 0 Å². The second kappa shape index (κ2) is 8.59. The van der Waals surface area contributed by atoms with Gasteiger partial charge in [-0.2, -0.15) is 0 Å². The molecule has 0 fully saturated rings. The summed E-state index contributed by atoms with van der Waals surface area (Å²) in [5.41, 5.74) is 8.01. The number of unbranched alkanes of at least 4 members (excludes halogenated alkanes) is 3. The molecule has 1 amide bonds. The van der Waals surface area contributed by atoms with E-state index in [1.165, 1.54) is 12.8 Å². The molecule has 0 atom stereocenters. The molecule has 0 aromatic heterocycles. The molecule has 112 valence electrons. The molecule has 0 aliphatic rings. The highest BCUT2D eigenvalue weighted by atomic mass is 16.3. The van der Waals surface area contributed by atoms with Crippen molar-refractivity contribution in [1.82, 2.24) is 4.90 Å². The van der Waals surface area contributed by atoms with E-state index in [-0.39, 0.29) is 12.5 Å². The van der Waals surface area contributed by atoms with E-state index < -0.39 is 0 Å². The first kappa shape index (κ1) is 16.5. The highest BCUT2D eigenvalue weighted by molar-refractivity contribution is 5.94. The summed E-state index contributed by atoms with van der Waals surface area (Å²) in [4.78, 5) is 14.2. The predicted molar refractivity (Wildman–Crippen MR) is 82.7 cm³/mol. The first-order valence-electron chi connectivity index (χ1n) is 7.36. The number of carbonyl (C=O) groups excluding carboxylic acids is 1. The number of hydrogen-bond donors (Lipinski definition) is 2. The maximum absolute atomic E-state index is 12.4. The first-order valence-corrected chi connectivity index (χ1v) is 7.36. The number of aryl methyl sites for hydroxylation is 1. The number of aliphatic hydroxyl groups is 1. The van der Waals surface area contributed by atoms with Crippen LogP contribution < -0.4 is 5.73 Å². The number of amides is 1. The van der Waals surface area contributed by atoms with Crippen molar-refractivity contribution in [2.24, 2.45) is 0 Å². The molecule has 0 aliphatic heterocycles. The fraction of sp³-hybridized carbons (Fsp3) is 0.562. The Morgan fingerprint density at radius 2 is 2.00 bits per heavy atom. The number of aliphatic hydroxyl groups excluding tert-OH is 1. The zero-order valence-electron chi connectivity index (χ0n) is 12.6. The SMILES string of the molecule is CCCCCCN(CCO)C(=O)c1ccc(N)c(C)c1. The van der Waals surface area contributed by atoms with Crippen molar-refractivity contribution in [3.05, 3.63) is 29.3 Å². The zero-order chi connectivity index (χ0) is 15.0. The second-order valence-electron chi connectivity index (χ2n) is 5.15. The minimum absolute atomic E-state index is 0.00648. The molecule has 0 spiro atoms. The van der Waals surface area contributed by atoms with Crippen molar-refractivity contribution >= 4 is 11.6 Å². The van der Waals surface area contributed by atoms with E-state index in [2.05, 4.69) is 6.92 Å². The lowest BCUT2D eigenvalue weighted by atomic mass is 10.1. The third-order valence-electron chi connectivity index (χ3n) is 3.46. The molecule has 4 heteroatoms. The fourth-order valence-electron chi connectivity index (χ4n) is 2.16. The van der Waals surface area contributed by atoms with Crippen LogP contribution in [0, 0.1) is 6.92 Å². The molecule has 0 unspecified atom stereocenters. The van der Waals surface area contributed by atoms with Gasteiger partial charge in [0, 0.05) is 24.3 Å². The average molecular weight is 278 g/mol. The Bertz CT molecular complexity index is 432. The normalized spacial score (nSPS) is 10.6. The Morgan fingerprint density at radius 3 is 2.60 bits per heavy atom. The van der Waals surface area contributed by atoms with Gasteiger partial charge in [-0.15, -0.1) is 0 Å². The van der Waals surface area contributed by atoms with Gasteiger partial charge in [0.25, 0.3) is 5.91 Å². The van der Waals surface area contributed by atoms with Crippen LogP contribution in [0.25, 0.3) is 0 Å². The zero-order valence-corrected chi connectivity index (χ0v) is 12.6. The molecule has 0 saturated heterocycles. The lowest BCUT2D eigenvalue weighted by molar-refractivity contribution is 0.0718. The summed E-state index contributed by atoms with van der Waals surface area (Å²) >= 11 is 0. The molecule has 3 N–H and O–H groups in total. The van der Waals surface area contributed by atoms with E-state index in [0.717, 1.165) is 18.4 Å².